The lowest BCUT2D eigenvalue weighted by Crippen LogP contribution is -2.49. The minimum atomic E-state index is -0.183. The van der Waals surface area contributed by atoms with Crippen molar-refractivity contribution in [2.75, 3.05) is 26.7 Å². The molecule has 34 heavy (non-hydrogen) atoms. The molecule has 0 aliphatic carbocycles. The predicted molar refractivity (Wildman–Crippen MR) is 136 cm³/mol. The number of thioether (sulfide) groups is 1. The van der Waals surface area contributed by atoms with Gasteiger partial charge in [0.15, 0.2) is 0 Å². The van der Waals surface area contributed by atoms with Gasteiger partial charge in [-0.2, -0.15) is 0 Å². The van der Waals surface area contributed by atoms with Crippen molar-refractivity contribution in [3.8, 4) is 5.75 Å². The number of fused-ring (bicyclic) bond motifs is 4. The molecule has 1 aromatic carbocycles. The van der Waals surface area contributed by atoms with Crippen LogP contribution in [0, 0.1) is 5.92 Å². The topological polar surface area (TPSA) is 71.8 Å². The van der Waals surface area contributed by atoms with E-state index in [0.717, 1.165) is 17.7 Å². The summed E-state index contributed by atoms with van der Waals surface area (Å²) in [6.07, 6.45) is 3.00. The molecule has 0 radical (unpaired) electrons. The molecule has 1 aromatic heterocycles. The fourth-order valence-electron chi connectivity index (χ4n) is 5.09. The van der Waals surface area contributed by atoms with Crippen molar-refractivity contribution in [2.45, 2.75) is 25.3 Å². The van der Waals surface area contributed by atoms with E-state index in [-0.39, 0.29) is 42.2 Å². The first-order valence-corrected chi connectivity index (χ1v) is 12.5. The highest BCUT2D eigenvalue weighted by atomic mass is 32.2. The molecular formula is C25H25N3O4S2. The van der Waals surface area contributed by atoms with Gasteiger partial charge in [0.05, 0.1) is 12.0 Å². The van der Waals surface area contributed by atoms with Gasteiger partial charge >= 0.3 is 0 Å². The van der Waals surface area contributed by atoms with Gasteiger partial charge < -0.3 is 14.2 Å². The zero-order valence-electron chi connectivity index (χ0n) is 18.8. The second-order valence-electron chi connectivity index (χ2n) is 8.82. The van der Waals surface area contributed by atoms with Gasteiger partial charge in [0.25, 0.3) is 11.5 Å². The first-order chi connectivity index (χ1) is 16.4. The fraction of sp³-hybridized carbons (Fsp3) is 0.360. The average Bonchev–Trinajstić information content (AvgIpc) is 3.10. The Morgan fingerprint density at radius 3 is 2.79 bits per heavy atom. The summed E-state index contributed by atoms with van der Waals surface area (Å²) in [5, 5.41) is 0. The fourth-order valence-corrected chi connectivity index (χ4v) is 6.38. The summed E-state index contributed by atoms with van der Waals surface area (Å²) >= 11 is 6.69. The van der Waals surface area contributed by atoms with Gasteiger partial charge in [0.1, 0.15) is 10.1 Å². The number of nitrogens with zero attached hydrogens (tertiary/aromatic N) is 3. The van der Waals surface area contributed by atoms with E-state index in [2.05, 4.69) is 0 Å². The first kappa shape index (κ1) is 22.9. The van der Waals surface area contributed by atoms with Gasteiger partial charge in [-0.05, 0) is 30.5 Å². The van der Waals surface area contributed by atoms with Crippen LogP contribution in [0.5, 0.6) is 5.75 Å². The van der Waals surface area contributed by atoms with E-state index < -0.39 is 0 Å². The average molecular weight is 496 g/mol. The maximum Gasteiger partial charge on any atom is 0.266 e. The van der Waals surface area contributed by atoms with E-state index in [1.165, 1.54) is 16.7 Å². The SMILES string of the molecule is COc1ccccc1/C=C1/SC(=S)N(CCC(=O)N2CC3C[C@H](C2)Cn2c3cccc2=O)C1=O. The third-order valence-corrected chi connectivity index (χ3v) is 8.06. The first-order valence-electron chi connectivity index (χ1n) is 11.3. The Hall–Kier alpha value is -2.91. The molecule has 2 aromatic rings. The number of para-hydroxylation sites is 1. The van der Waals surface area contributed by atoms with Crippen LogP contribution in [-0.2, 0) is 16.1 Å². The number of pyridine rings is 1. The van der Waals surface area contributed by atoms with Crippen molar-refractivity contribution in [2.24, 2.45) is 5.92 Å². The molecule has 7 nitrogen and oxygen atoms in total. The number of ether oxygens (including phenoxy) is 1. The van der Waals surface area contributed by atoms with E-state index in [4.69, 9.17) is 17.0 Å². The number of benzene rings is 1. The van der Waals surface area contributed by atoms with Crippen molar-refractivity contribution in [3.63, 3.8) is 0 Å². The summed E-state index contributed by atoms with van der Waals surface area (Å²) in [7, 11) is 1.59. The molecule has 0 N–H and O–H groups in total. The standard InChI is InChI=1S/C25H25N3O4S2/c1-32-20-7-3-2-5-17(20)12-21-24(31)27(25(33)34-21)10-9-22(29)26-13-16-11-18(15-26)19-6-4-8-23(30)28(19)14-16/h2-8,12,16,18H,9-11,13-15H2,1H3/b21-12+/t16-,18?/m1/s1. The number of hydrogen-bond acceptors (Lipinski definition) is 6. The van der Waals surface area contributed by atoms with Crippen molar-refractivity contribution in [3.05, 3.63) is 69.0 Å². The summed E-state index contributed by atoms with van der Waals surface area (Å²) in [4.78, 5) is 42.2. The normalized spacial score (nSPS) is 22.8. The number of carbonyl (C=O) groups excluding carboxylic acids is 2. The summed E-state index contributed by atoms with van der Waals surface area (Å²) in [6.45, 7) is 2.15. The van der Waals surface area contributed by atoms with Crippen molar-refractivity contribution < 1.29 is 14.3 Å². The Kier molecular flexibility index (Phi) is 6.31. The summed E-state index contributed by atoms with van der Waals surface area (Å²) in [5.41, 5.74) is 1.85. The van der Waals surface area contributed by atoms with Crippen LogP contribution >= 0.6 is 24.0 Å². The smallest absolute Gasteiger partial charge is 0.266 e. The Morgan fingerprint density at radius 2 is 1.97 bits per heavy atom. The third-order valence-electron chi connectivity index (χ3n) is 6.68. The van der Waals surface area contributed by atoms with E-state index in [1.54, 1.807) is 25.3 Å². The van der Waals surface area contributed by atoms with Crippen molar-refractivity contribution in [1.82, 2.24) is 14.4 Å². The number of thiocarbonyl (C=S) groups is 1. The molecule has 2 amide bonds. The number of rotatable bonds is 5. The van der Waals surface area contributed by atoms with E-state index in [1.807, 2.05) is 39.8 Å². The number of aromatic nitrogens is 1. The molecule has 4 heterocycles. The molecule has 1 unspecified atom stereocenters. The zero-order chi connectivity index (χ0) is 23.8. The number of likely N-dealkylation sites (tertiary alicyclic amines) is 1. The van der Waals surface area contributed by atoms with Crippen LogP contribution in [0.25, 0.3) is 6.08 Å². The predicted octanol–water partition coefficient (Wildman–Crippen LogP) is 3.09. The van der Waals surface area contributed by atoms with Gasteiger partial charge in [-0.25, -0.2) is 0 Å². The van der Waals surface area contributed by atoms with Gasteiger partial charge in [-0.1, -0.05) is 48.2 Å². The van der Waals surface area contributed by atoms with Crippen LogP contribution in [0.15, 0.2) is 52.2 Å². The molecule has 5 rings (SSSR count). The largest absolute Gasteiger partial charge is 0.496 e. The Bertz CT molecular complexity index is 1250. The van der Waals surface area contributed by atoms with Crippen LogP contribution in [0.1, 0.15) is 30.0 Å². The number of hydrogen-bond donors (Lipinski definition) is 0. The molecule has 3 aliphatic heterocycles. The summed E-state index contributed by atoms with van der Waals surface area (Å²) in [6, 6.07) is 12.9. The summed E-state index contributed by atoms with van der Waals surface area (Å²) in [5.74, 6) is 0.964. The second kappa shape index (κ2) is 9.38. The molecular weight excluding hydrogens is 470 g/mol. The Balaban J connectivity index is 1.24. The monoisotopic (exact) mass is 495 g/mol. The van der Waals surface area contributed by atoms with Crippen molar-refractivity contribution >= 4 is 46.2 Å². The molecule has 0 saturated carbocycles. The van der Waals surface area contributed by atoms with Gasteiger partial charge in [-0.15, -0.1) is 0 Å². The molecule has 0 spiro atoms. The maximum atomic E-state index is 13.1. The molecule has 2 fully saturated rings. The quantitative estimate of drug-likeness (QED) is 0.469. The van der Waals surface area contributed by atoms with Gasteiger partial charge in [0, 0.05) is 55.8 Å². The number of piperidine rings is 1. The van der Waals surface area contributed by atoms with Gasteiger partial charge in [0.2, 0.25) is 5.91 Å². The zero-order valence-corrected chi connectivity index (χ0v) is 20.4. The Morgan fingerprint density at radius 1 is 1.15 bits per heavy atom. The summed E-state index contributed by atoms with van der Waals surface area (Å²) < 4.78 is 7.69. The molecule has 2 atom stereocenters. The molecule has 3 aliphatic rings. The lowest BCUT2D eigenvalue weighted by atomic mass is 9.83. The molecule has 2 saturated heterocycles. The minimum Gasteiger partial charge on any atom is -0.496 e. The second-order valence-corrected chi connectivity index (χ2v) is 10.5. The number of carbonyl (C=O) groups is 2. The van der Waals surface area contributed by atoms with Crippen LogP contribution < -0.4 is 10.3 Å². The molecule has 9 heteroatoms. The maximum absolute atomic E-state index is 13.1. The van der Waals surface area contributed by atoms with E-state index >= 15 is 0 Å². The van der Waals surface area contributed by atoms with Crippen LogP contribution in [0.3, 0.4) is 0 Å². The highest BCUT2D eigenvalue weighted by Crippen LogP contribution is 2.36. The lowest BCUT2D eigenvalue weighted by molar-refractivity contribution is -0.134. The van der Waals surface area contributed by atoms with E-state index in [0.29, 0.717) is 34.6 Å². The van der Waals surface area contributed by atoms with Crippen LogP contribution in [-0.4, -0.2) is 57.2 Å². The van der Waals surface area contributed by atoms with Crippen LogP contribution in [0.4, 0.5) is 0 Å². The number of methoxy groups -OCH3 is 1. The molecule has 176 valence electrons. The van der Waals surface area contributed by atoms with E-state index in [9.17, 15) is 14.4 Å². The lowest BCUT2D eigenvalue weighted by Gasteiger charge is -2.42. The Labute approximate surface area is 207 Å². The molecule has 2 bridgehead atoms. The van der Waals surface area contributed by atoms with Gasteiger partial charge in [-0.3, -0.25) is 19.3 Å². The van der Waals surface area contributed by atoms with Crippen LogP contribution in [0.2, 0.25) is 0 Å². The highest BCUT2D eigenvalue weighted by Gasteiger charge is 2.37. The number of amides is 2. The minimum absolute atomic E-state index is 0.0178. The van der Waals surface area contributed by atoms with Crippen molar-refractivity contribution in [1.29, 1.82) is 0 Å². The highest BCUT2D eigenvalue weighted by molar-refractivity contribution is 8.26. The third kappa shape index (κ3) is 4.30.